The van der Waals surface area contributed by atoms with E-state index in [4.69, 9.17) is 0 Å². The Morgan fingerprint density at radius 2 is 1.53 bits per heavy atom. The summed E-state index contributed by atoms with van der Waals surface area (Å²) in [5.74, 6) is -3.09. The van der Waals surface area contributed by atoms with Crippen molar-refractivity contribution in [3.05, 3.63) is 101 Å². The minimum atomic E-state index is -1.05. The zero-order chi connectivity index (χ0) is 21.4. The van der Waals surface area contributed by atoms with Crippen LogP contribution in [0.25, 0.3) is 5.57 Å². The third kappa shape index (κ3) is 3.37. The molecule has 6 heteroatoms. The second-order valence-electron chi connectivity index (χ2n) is 7.11. The average molecular weight is 404 g/mol. The number of hydrogen-bond donors (Lipinski definition) is 1. The average Bonchev–Trinajstić information content (AvgIpc) is 2.97. The van der Waals surface area contributed by atoms with E-state index in [9.17, 15) is 18.4 Å². The van der Waals surface area contributed by atoms with Gasteiger partial charge in [-0.3, -0.25) is 9.59 Å². The van der Waals surface area contributed by atoms with Crippen LogP contribution in [-0.2, 0) is 9.59 Å². The SMILES string of the molecule is Cc1ccc(C)c(N2C(=O)C(Nc3ccc(F)c(F)c3)=C(c3ccccc3)C2=O)c1. The quantitative estimate of drug-likeness (QED) is 0.624. The number of nitrogens with one attached hydrogen (secondary N) is 1. The lowest BCUT2D eigenvalue weighted by atomic mass is 10.0. The van der Waals surface area contributed by atoms with Gasteiger partial charge in [-0.25, -0.2) is 13.7 Å². The Labute approximate surface area is 172 Å². The molecule has 4 rings (SSSR count). The van der Waals surface area contributed by atoms with Crippen molar-refractivity contribution in [3.63, 3.8) is 0 Å². The highest BCUT2D eigenvalue weighted by Crippen LogP contribution is 2.35. The fourth-order valence-corrected chi connectivity index (χ4v) is 3.42. The number of nitrogens with zero attached hydrogens (tertiary/aromatic N) is 1. The monoisotopic (exact) mass is 404 g/mol. The van der Waals surface area contributed by atoms with E-state index >= 15 is 0 Å². The molecule has 0 aliphatic carbocycles. The van der Waals surface area contributed by atoms with E-state index in [1.165, 1.54) is 6.07 Å². The van der Waals surface area contributed by atoms with E-state index in [2.05, 4.69) is 5.32 Å². The van der Waals surface area contributed by atoms with Gasteiger partial charge in [0.2, 0.25) is 0 Å². The molecule has 0 unspecified atom stereocenters. The summed E-state index contributed by atoms with van der Waals surface area (Å²) in [4.78, 5) is 27.8. The Balaban J connectivity index is 1.84. The predicted molar refractivity (Wildman–Crippen MR) is 112 cm³/mol. The topological polar surface area (TPSA) is 49.4 Å². The third-order valence-corrected chi connectivity index (χ3v) is 4.94. The second-order valence-corrected chi connectivity index (χ2v) is 7.11. The van der Waals surface area contributed by atoms with Gasteiger partial charge in [0.1, 0.15) is 5.70 Å². The minimum absolute atomic E-state index is 0.0121. The molecule has 3 aromatic rings. The van der Waals surface area contributed by atoms with Gasteiger partial charge in [0, 0.05) is 11.8 Å². The molecule has 1 aliphatic heterocycles. The molecule has 3 aromatic carbocycles. The highest BCUT2D eigenvalue weighted by molar-refractivity contribution is 6.46. The molecule has 1 heterocycles. The van der Waals surface area contributed by atoms with E-state index in [1.54, 1.807) is 36.4 Å². The summed E-state index contributed by atoms with van der Waals surface area (Å²) in [6, 6.07) is 17.5. The van der Waals surface area contributed by atoms with Crippen LogP contribution in [0.2, 0.25) is 0 Å². The van der Waals surface area contributed by atoms with E-state index in [0.717, 1.165) is 28.2 Å². The molecule has 30 heavy (non-hydrogen) atoms. The number of benzene rings is 3. The minimum Gasteiger partial charge on any atom is -0.350 e. The molecule has 0 atom stereocenters. The first-order valence-corrected chi connectivity index (χ1v) is 9.34. The van der Waals surface area contributed by atoms with Crippen LogP contribution in [0.4, 0.5) is 20.2 Å². The summed E-state index contributed by atoms with van der Waals surface area (Å²) in [7, 11) is 0. The highest BCUT2D eigenvalue weighted by atomic mass is 19.2. The van der Waals surface area contributed by atoms with Gasteiger partial charge in [-0.1, -0.05) is 42.5 Å². The Hall–Kier alpha value is -3.80. The van der Waals surface area contributed by atoms with Gasteiger partial charge >= 0.3 is 0 Å². The summed E-state index contributed by atoms with van der Waals surface area (Å²) in [5, 5.41) is 2.83. The molecule has 0 saturated heterocycles. The molecule has 150 valence electrons. The molecule has 0 spiro atoms. The first kappa shape index (κ1) is 19.5. The Morgan fingerprint density at radius 1 is 0.800 bits per heavy atom. The van der Waals surface area contributed by atoms with E-state index in [-0.39, 0.29) is 17.0 Å². The molecule has 0 bridgehead atoms. The van der Waals surface area contributed by atoms with Crippen LogP contribution in [0, 0.1) is 25.5 Å². The third-order valence-electron chi connectivity index (χ3n) is 4.94. The number of carbonyl (C=O) groups is 2. The molecule has 1 aliphatic rings. The van der Waals surface area contributed by atoms with Gasteiger partial charge in [-0.15, -0.1) is 0 Å². The largest absolute Gasteiger partial charge is 0.350 e. The zero-order valence-electron chi connectivity index (χ0n) is 16.4. The molecule has 1 N–H and O–H groups in total. The van der Waals surface area contributed by atoms with Gasteiger partial charge in [0.25, 0.3) is 11.8 Å². The van der Waals surface area contributed by atoms with Gasteiger partial charge in [0.05, 0.1) is 11.3 Å². The molecule has 0 saturated carbocycles. The number of amides is 2. The standard InChI is InChI=1S/C24H18F2N2O2/c1-14-8-9-15(2)20(12-14)28-23(29)21(16-6-4-3-5-7-16)22(24(28)30)27-17-10-11-18(25)19(26)13-17/h3-13,27H,1-2H3. The zero-order valence-corrected chi connectivity index (χ0v) is 16.4. The molecule has 4 nitrogen and oxygen atoms in total. The second kappa shape index (κ2) is 7.55. The van der Waals surface area contributed by atoms with Crippen molar-refractivity contribution >= 4 is 28.8 Å². The number of imide groups is 1. The van der Waals surface area contributed by atoms with Crippen LogP contribution in [0.3, 0.4) is 0 Å². The van der Waals surface area contributed by atoms with Crippen molar-refractivity contribution in [1.29, 1.82) is 0 Å². The number of carbonyl (C=O) groups excluding carboxylic acids is 2. The first-order chi connectivity index (χ1) is 14.4. The first-order valence-electron chi connectivity index (χ1n) is 9.34. The summed E-state index contributed by atoms with van der Waals surface area (Å²) in [6.45, 7) is 3.69. The van der Waals surface area contributed by atoms with Crippen molar-refractivity contribution in [3.8, 4) is 0 Å². The number of halogens is 2. The lowest BCUT2D eigenvalue weighted by Crippen LogP contribution is -2.33. The Morgan fingerprint density at radius 3 is 2.23 bits per heavy atom. The highest BCUT2D eigenvalue weighted by Gasteiger charge is 2.40. The number of rotatable bonds is 4. The normalized spacial score (nSPS) is 13.9. The summed E-state index contributed by atoms with van der Waals surface area (Å²) in [5.41, 5.74) is 3.06. The fourth-order valence-electron chi connectivity index (χ4n) is 3.42. The number of anilines is 2. The van der Waals surface area contributed by atoms with Gasteiger partial charge in [0.15, 0.2) is 11.6 Å². The molecule has 0 radical (unpaired) electrons. The van der Waals surface area contributed by atoms with E-state index in [1.807, 2.05) is 26.0 Å². The summed E-state index contributed by atoms with van der Waals surface area (Å²) < 4.78 is 27.0. The predicted octanol–water partition coefficient (Wildman–Crippen LogP) is 4.98. The fraction of sp³-hybridized carbons (Fsp3) is 0.0833. The maximum Gasteiger partial charge on any atom is 0.282 e. The molecule has 0 fully saturated rings. The van der Waals surface area contributed by atoms with Crippen molar-refractivity contribution < 1.29 is 18.4 Å². The van der Waals surface area contributed by atoms with Crippen LogP contribution in [0.15, 0.2) is 72.4 Å². The Kier molecular flexibility index (Phi) is 4.91. The van der Waals surface area contributed by atoms with Gasteiger partial charge in [-0.05, 0) is 48.7 Å². The van der Waals surface area contributed by atoms with Crippen molar-refractivity contribution in [2.75, 3.05) is 10.2 Å². The molecule has 0 aromatic heterocycles. The molecule has 2 amide bonds. The Bertz CT molecular complexity index is 1200. The molecular formula is C24H18F2N2O2. The van der Waals surface area contributed by atoms with Crippen LogP contribution >= 0.6 is 0 Å². The maximum atomic E-state index is 13.7. The van der Waals surface area contributed by atoms with E-state index < -0.39 is 23.4 Å². The summed E-state index contributed by atoms with van der Waals surface area (Å²) in [6.07, 6.45) is 0. The summed E-state index contributed by atoms with van der Waals surface area (Å²) >= 11 is 0. The van der Waals surface area contributed by atoms with Crippen molar-refractivity contribution in [2.45, 2.75) is 13.8 Å². The van der Waals surface area contributed by atoms with Crippen LogP contribution in [-0.4, -0.2) is 11.8 Å². The van der Waals surface area contributed by atoms with Gasteiger partial charge < -0.3 is 5.32 Å². The van der Waals surface area contributed by atoms with Crippen molar-refractivity contribution in [1.82, 2.24) is 0 Å². The van der Waals surface area contributed by atoms with Crippen molar-refractivity contribution in [2.24, 2.45) is 0 Å². The van der Waals surface area contributed by atoms with Gasteiger partial charge in [-0.2, -0.15) is 0 Å². The van der Waals surface area contributed by atoms with Crippen LogP contribution in [0.5, 0.6) is 0 Å². The number of hydrogen-bond acceptors (Lipinski definition) is 3. The van der Waals surface area contributed by atoms with Crippen LogP contribution < -0.4 is 10.2 Å². The molecular weight excluding hydrogens is 386 g/mol. The lowest BCUT2D eigenvalue weighted by Gasteiger charge is -2.18. The van der Waals surface area contributed by atoms with E-state index in [0.29, 0.717) is 11.3 Å². The van der Waals surface area contributed by atoms with Crippen LogP contribution in [0.1, 0.15) is 16.7 Å². The lowest BCUT2D eigenvalue weighted by molar-refractivity contribution is -0.120. The smallest absolute Gasteiger partial charge is 0.282 e. The number of aryl methyl sites for hydroxylation is 2. The maximum absolute atomic E-state index is 13.7.